The molecule has 0 spiro atoms. The quantitative estimate of drug-likeness (QED) is 0.906. The van der Waals surface area contributed by atoms with Crippen LogP contribution in [0.25, 0.3) is 5.78 Å². The highest BCUT2D eigenvalue weighted by Gasteiger charge is 2.21. The Hall–Kier alpha value is -1.56. The summed E-state index contributed by atoms with van der Waals surface area (Å²) in [5.74, 6) is 0.592. The van der Waals surface area contributed by atoms with Crippen LogP contribution in [0, 0.1) is 5.92 Å². The predicted octanol–water partition coefficient (Wildman–Crippen LogP) is 1.62. The first-order chi connectivity index (χ1) is 7.91. The van der Waals surface area contributed by atoms with Crippen molar-refractivity contribution in [2.75, 3.05) is 0 Å². The van der Waals surface area contributed by atoms with Crippen molar-refractivity contribution in [3.05, 3.63) is 16.7 Å². The van der Waals surface area contributed by atoms with Crippen LogP contribution in [0.2, 0.25) is 5.15 Å². The minimum Gasteiger partial charge on any atom is -0.476 e. The van der Waals surface area contributed by atoms with Crippen molar-refractivity contribution < 1.29 is 9.90 Å². The molecular weight excluding hydrogens is 244 g/mol. The van der Waals surface area contributed by atoms with Crippen molar-refractivity contribution in [2.24, 2.45) is 13.0 Å². The number of nitrogens with zero attached hydrogens (tertiary/aromatic N) is 4. The lowest BCUT2D eigenvalue weighted by Gasteiger charge is -2.02. The minimum atomic E-state index is -1.15. The van der Waals surface area contributed by atoms with E-state index in [2.05, 4.69) is 23.9 Å². The van der Waals surface area contributed by atoms with Gasteiger partial charge < -0.3 is 5.11 Å². The molecule has 2 aromatic heterocycles. The van der Waals surface area contributed by atoms with Crippen molar-refractivity contribution >= 4 is 23.3 Å². The van der Waals surface area contributed by atoms with Crippen LogP contribution in [0.15, 0.2) is 0 Å². The molecule has 0 fully saturated rings. The summed E-state index contributed by atoms with van der Waals surface area (Å²) >= 11 is 5.92. The van der Waals surface area contributed by atoms with Gasteiger partial charge in [-0.3, -0.25) is 4.57 Å². The molecule has 0 atom stereocenters. The molecule has 0 aromatic carbocycles. The van der Waals surface area contributed by atoms with E-state index in [4.69, 9.17) is 16.7 Å². The molecule has 0 amide bonds. The SMILES string of the molecule is CC(C)Cc1nn2c(Cl)c(C(=O)O)nc2n1C. The Morgan fingerprint density at radius 1 is 1.53 bits per heavy atom. The lowest BCUT2D eigenvalue weighted by Crippen LogP contribution is -2.04. The molecule has 0 saturated carbocycles. The normalized spacial score (nSPS) is 11.6. The van der Waals surface area contributed by atoms with Crippen LogP contribution in [0.1, 0.15) is 30.2 Å². The summed E-state index contributed by atoms with van der Waals surface area (Å²) < 4.78 is 3.13. The molecule has 0 saturated heterocycles. The zero-order valence-corrected chi connectivity index (χ0v) is 10.6. The summed E-state index contributed by atoms with van der Waals surface area (Å²) in [7, 11) is 1.80. The number of carboxylic acids is 1. The Bertz CT molecular complexity index is 585. The second-order valence-electron chi connectivity index (χ2n) is 4.34. The summed E-state index contributed by atoms with van der Waals surface area (Å²) in [6, 6.07) is 0. The van der Waals surface area contributed by atoms with Crippen LogP contribution in [-0.4, -0.2) is 30.2 Å². The number of aryl methyl sites for hydroxylation is 1. The molecule has 0 aliphatic rings. The van der Waals surface area contributed by atoms with Gasteiger partial charge in [0, 0.05) is 13.5 Å². The van der Waals surface area contributed by atoms with Crippen molar-refractivity contribution in [1.29, 1.82) is 0 Å². The number of aromatic carboxylic acids is 1. The van der Waals surface area contributed by atoms with Gasteiger partial charge in [0.25, 0.3) is 0 Å². The fourth-order valence-corrected chi connectivity index (χ4v) is 1.90. The fraction of sp³-hybridized carbons (Fsp3) is 0.500. The molecule has 2 heterocycles. The van der Waals surface area contributed by atoms with Gasteiger partial charge in [0.2, 0.25) is 5.78 Å². The van der Waals surface area contributed by atoms with Crippen molar-refractivity contribution in [3.8, 4) is 0 Å². The minimum absolute atomic E-state index is 0.0399. The van der Waals surface area contributed by atoms with Crippen LogP contribution in [-0.2, 0) is 13.5 Å². The standard InChI is InChI=1S/C10H13ClN4O2/c1-5(2)4-6-13-15-8(11)7(9(16)17)12-10(15)14(6)3/h5H,4H2,1-3H3,(H,16,17). The van der Waals surface area contributed by atoms with Gasteiger partial charge in [-0.05, 0) is 5.92 Å². The van der Waals surface area contributed by atoms with Gasteiger partial charge in [-0.15, -0.1) is 0 Å². The van der Waals surface area contributed by atoms with Crippen LogP contribution in [0.3, 0.4) is 0 Å². The highest BCUT2D eigenvalue weighted by molar-refractivity contribution is 6.32. The van der Waals surface area contributed by atoms with E-state index in [9.17, 15) is 4.79 Å². The number of fused-ring (bicyclic) bond motifs is 1. The monoisotopic (exact) mass is 256 g/mol. The van der Waals surface area contributed by atoms with E-state index in [-0.39, 0.29) is 10.8 Å². The Kier molecular flexibility index (Phi) is 2.82. The Morgan fingerprint density at radius 2 is 2.18 bits per heavy atom. The summed E-state index contributed by atoms with van der Waals surface area (Å²) in [5, 5.41) is 13.2. The Labute approximate surface area is 103 Å². The van der Waals surface area contributed by atoms with E-state index in [1.54, 1.807) is 11.6 Å². The second-order valence-corrected chi connectivity index (χ2v) is 4.70. The third-order valence-electron chi connectivity index (χ3n) is 2.48. The highest BCUT2D eigenvalue weighted by atomic mass is 35.5. The molecule has 0 aliphatic heterocycles. The molecule has 1 N–H and O–H groups in total. The van der Waals surface area contributed by atoms with Gasteiger partial charge >= 0.3 is 5.97 Å². The average molecular weight is 257 g/mol. The largest absolute Gasteiger partial charge is 0.476 e. The van der Waals surface area contributed by atoms with E-state index in [0.717, 1.165) is 12.2 Å². The van der Waals surface area contributed by atoms with Crippen LogP contribution < -0.4 is 0 Å². The third-order valence-corrected chi connectivity index (χ3v) is 2.82. The maximum atomic E-state index is 10.9. The van der Waals surface area contributed by atoms with Gasteiger partial charge in [0.15, 0.2) is 10.8 Å². The predicted molar refractivity (Wildman–Crippen MR) is 62.5 cm³/mol. The zero-order chi connectivity index (χ0) is 12.7. The number of imidazole rings is 1. The molecule has 7 heteroatoms. The van der Waals surface area contributed by atoms with Crippen molar-refractivity contribution in [3.63, 3.8) is 0 Å². The smallest absolute Gasteiger partial charge is 0.357 e. The molecule has 0 radical (unpaired) electrons. The molecule has 0 bridgehead atoms. The van der Waals surface area contributed by atoms with E-state index in [1.165, 1.54) is 4.52 Å². The Balaban J connectivity index is 2.58. The van der Waals surface area contributed by atoms with Gasteiger partial charge in [-0.1, -0.05) is 25.4 Å². The molecule has 0 unspecified atom stereocenters. The molecule has 2 aromatic rings. The van der Waals surface area contributed by atoms with Crippen LogP contribution in [0.5, 0.6) is 0 Å². The molecule has 0 aliphatic carbocycles. The first-order valence-corrected chi connectivity index (χ1v) is 5.62. The summed E-state index contributed by atoms with van der Waals surface area (Å²) in [6.45, 7) is 4.17. The number of carboxylic acid groups (broad SMARTS) is 1. The highest BCUT2D eigenvalue weighted by Crippen LogP contribution is 2.19. The zero-order valence-electron chi connectivity index (χ0n) is 9.81. The number of halogens is 1. The molecule has 92 valence electrons. The van der Waals surface area contributed by atoms with Crippen molar-refractivity contribution in [2.45, 2.75) is 20.3 Å². The summed E-state index contributed by atoms with van der Waals surface area (Å²) in [4.78, 5) is 14.8. The summed E-state index contributed by atoms with van der Waals surface area (Å²) in [5.41, 5.74) is -0.166. The number of carbonyl (C=O) groups is 1. The van der Waals surface area contributed by atoms with Gasteiger partial charge in [0.1, 0.15) is 5.82 Å². The first-order valence-electron chi connectivity index (χ1n) is 5.25. The van der Waals surface area contributed by atoms with Crippen LogP contribution >= 0.6 is 11.6 Å². The van der Waals surface area contributed by atoms with E-state index < -0.39 is 5.97 Å². The third kappa shape index (κ3) is 1.88. The summed E-state index contributed by atoms with van der Waals surface area (Å²) in [6.07, 6.45) is 0.790. The molecule has 6 nitrogen and oxygen atoms in total. The fourth-order valence-electron chi connectivity index (χ4n) is 1.66. The van der Waals surface area contributed by atoms with Crippen LogP contribution in [0.4, 0.5) is 0 Å². The first kappa shape index (κ1) is 11.9. The van der Waals surface area contributed by atoms with Gasteiger partial charge in [0.05, 0.1) is 0 Å². The number of aromatic nitrogens is 4. The maximum Gasteiger partial charge on any atom is 0.357 e. The lowest BCUT2D eigenvalue weighted by atomic mass is 10.1. The second kappa shape index (κ2) is 4.03. The van der Waals surface area contributed by atoms with Gasteiger partial charge in [-0.2, -0.15) is 9.61 Å². The average Bonchev–Trinajstić information content (AvgIpc) is 2.68. The number of hydrogen-bond acceptors (Lipinski definition) is 3. The Morgan fingerprint density at radius 3 is 2.65 bits per heavy atom. The van der Waals surface area contributed by atoms with Gasteiger partial charge in [-0.25, -0.2) is 9.78 Å². The van der Waals surface area contributed by atoms with E-state index in [0.29, 0.717) is 11.7 Å². The molecule has 17 heavy (non-hydrogen) atoms. The maximum absolute atomic E-state index is 10.9. The molecule has 2 rings (SSSR count). The lowest BCUT2D eigenvalue weighted by molar-refractivity contribution is 0.0691. The number of rotatable bonds is 3. The van der Waals surface area contributed by atoms with Crippen molar-refractivity contribution in [1.82, 2.24) is 19.2 Å². The topological polar surface area (TPSA) is 72.4 Å². The number of hydrogen-bond donors (Lipinski definition) is 1. The van der Waals surface area contributed by atoms with E-state index >= 15 is 0 Å². The molecular formula is C10H13ClN4O2. The van der Waals surface area contributed by atoms with E-state index in [1.807, 2.05) is 0 Å².